The third-order valence-corrected chi connectivity index (χ3v) is 5.16. The lowest BCUT2D eigenvalue weighted by molar-refractivity contribution is -0.141. The molecule has 102 valence electrons. The molecule has 0 spiro atoms. The van der Waals surface area contributed by atoms with E-state index in [9.17, 15) is 9.59 Å². The van der Waals surface area contributed by atoms with Crippen molar-refractivity contribution in [1.82, 2.24) is 4.90 Å². The average Bonchev–Trinajstić information content (AvgIpc) is 2.65. The highest BCUT2D eigenvalue weighted by atomic mass is 32.2. The molecule has 4 nitrogen and oxygen atoms in total. The normalized spacial score (nSPS) is 27.9. The van der Waals surface area contributed by atoms with E-state index in [0.717, 1.165) is 25.7 Å². The van der Waals surface area contributed by atoms with Crippen molar-refractivity contribution in [3.05, 3.63) is 0 Å². The molecule has 2 fully saturated rings. The lowest BCUT2D eigenvalue weighted by Crippen LogP contribution is -2.42. The molecular formula is C13H22N2O2S. The van der Waals surface area contributed by atoms with Crippen molar-refractivity contribution in [3.8, 4) is 0 Å². The van der Waals surface area contributed by atoms with Crippen LogP contribution < -0.4 is 5.73 Å². The number of nitrogens with two attached hydrogens (primary N) is 1. The Labute approximate surface area is 113 Å². The van der Waals surface area contributed by atoms with Gasteiger partial charge in [0.25, 0.3) is 0 Å². The Hall–Kier alpha value is -0.550. The van der Waals surface area contributed by atoms with Crippen LogP contribution in [-0.4, -0.2) is 39.8 Å². The van der Waals surface area contributed by atoms with Crippen molar-refractivity contribution in [2.45, 2.75) is 62.0 Å². The van der Waals surface area contributed by atoms with Gasteiger partial charge in [0.05, 0.1) is 5.25 Å². The summed E-state index contributed by atoms with van der Waals surface area (Å²) in [7, 11) is 0. The van der Waals surface area contributed by atoms with Gasteiger partial charge < -0.3 is 5.73 Å². The van der Waals surface area contributed by atoms with E-state index < -0.39 is 0 Å². The fraction of sp³-hybridized carbons (Fsp3) is 0.846. The maximum atomic E-state index is 12.3. The number of imide groups is 1. The summed E-state index contributed by atoms with van der Waals surface area (Å²) in [5.74, 6) is 0.0471. The molecule has 2 unspecified atom stereocenters. The van der Waals surface area contributed by atoms with Crippen molar-refractivity contribution in [1.29, 1.82) is 0 Å². The quantitative estimate of drug-likeness (QED) is 0.787. The third-order valence-electron chi connectivity index (χ3n) is 3.81. The van der Waals surface area contributed by atoms with Crippen LogP contribution in [-0.2, 0) is 9.59 Å². The molecule has 5 heteroatoms. The summed E-state index contributed by atoms with van der Waals surface area (Å²) in [6.07, 6.45) is 5.85. The highest BCUT2D eigenvalue weighted by Crippen LogP contribution is 2.33. The van der Waals surface area contributed by atoms with Crippen LogP contribution in [0.2, 0.25) is 0 Å². The topological polar surface area (TPSA) is 63.4 Å². The number of thioether (sulfide) groups is 1. The minimum absolute atomic E-state index is 0.0219. The van der Waals surface area contributed by atoms with Gasteiger partial charge in [-0.3, -0.25) is 14.5 Å². The molecule has 2 rings (SSSR count). The van der Waals surface area contributed by atoms with Crippen LogP contribution in [0.5, 0.6) is 0 Å². The first-order valence-electron chi connectivity index (χ1n) is 6.85. The summed E-state index contributed by atoms with van der Waals surface area (Å²) in [5, 5.41) is 0.0380. The summed E-state index contributed by atoms with van der Waals surface area (Å²) < 4.78 is 0. The first-order chi connectivity index (χ1) is 8.63. The van der Waals surface area contributed by atoms with E-state index in [1.54, 1.807) is 16.7 Å². The summed E-state index contributed by atoms with van der Waals surface area (Å²) in [6, 6.07) is 0.164. The number of likely N-dealkylation sites (tertiary alicyclic amines) is 1. The number of carbonyl (C=O) groups excluding carboxylic acids is 2. The first-order valence-corrected chi connectivity index (χ1v) is 7.79. The summed E-state index contributed by atoms with van der Waals surface area (Å²) in [5.41, 5.74) is 5.58. The van der Waals surface area contributed by atoms with Crippen LogP contribution in [0.25, 0.3) is 0 Å². The molecule has 1 saturated carbocycles. The molecule has 0 aromatic rings. The predicted molar refractivity (Wildman–Crippen MR) is 73.2 cm³/mol. The molecule has 2 atom stereocenters. The molecule has 18 heavy (non-hydrogen) atoms. The first kappa shape index (κ1) is 13.9. The summed E-state index contributed by atoms with van der Waals surface area (Å²) in [4.78, 5) is 25.9. The highest BCUT2D eigenvalue weighted by molar-refractivity contribution is 8.01. The summed E-state index contributed by atoms with van der Waals surface area (Å²) in [6.45, 7) is 2.55. The minimum Gasteiger partial charge on any atom is -0.329 e. The Morgan fingerprint density at radius 1 is 1.33 bits per heavy atom. The van der Waals surface area contributed by atoms with Crippen molar-refractivity contribution in [2.75, 3.05) is 6.54 Å². The van der Waals surface area contributed by atoms with Crippen molar-refractivity contribution < 1.29 is 9.59 Å². The lowest BCUT2D eigenvalue weighted by Gasteiger charge is -2.29. The van der Waals surface area contributed by atoms with E-state index >= 15 is 0 Å². The Balaban J connectivity index is 1.99. The van der Waals surface area contributed by atoms with Crippen LogP contribution in [0.15, 0.2) is 0 Å². The Bertz CT molecular complexity index is 329. The monoisotopic (exact) mass is 270 g/mol. The molecule has 0 bridgehead atoms. The van der Waals surface area contributed by atoms with Gasteiger partial charge in [0.1, 0.15) is 0 Å². The molecule has 0 radical (unpaired) electrons. The van der Waals surface area contributed by atoms with E-state index in [2.05, 4.69) is 0 Å². The van der Waals surface area contributed by atoms with Crippen LogP contribution in [0.3, 0.4) is 0 Å². The fourth-order valence-corrected chi connectivity index (χ4v) is 3.93. The van der Waals surface area contributed by atoms with E-state index in [0.29, 0.717) is 13.0 Å². The molecule has 0 aromatic heterocycles. The average molecular weight is 270 g/mol. The van der Waals surface area contributed by atoms with Gasteiger partial charge in [-0.05, 0) is 12.8 Å². The molecule has 1 saturated heterocycles. The smallest absolute Gasteiger partial charge is 0.243 e. The zero-order chi connectivity index (χ0) is 13.1. The number of rotatable bonds is 4. The zero-order valence-corrected chi connectivity index (χ0v) is 11.7. The maximum Gasteiger partial charge on any atom is 0.243 e. The second kappa shape index (κ2) is 6.06. The Kier molecular flexibility index (Phi) is 4.67. The van der Waals surface area contributed by atoms with Crippen molar-refractivity contribution in [2.24, 2.45) is 5.73 Å². The molecule has 1 aliphatic heterocycles. The highest BCUT2D eigenvalue weighted by Gasteiger charge is 2.43. The minimum atomic E-state index is -0.196. The number of hydrogen-bond acceptors (Lipinski definition) is 4. The van der Waals surface area contributed by atoms with E-state index in [1.807, 2.05) is 6.92 Å². The fourth-order valence-electron chi connectivity index (χ4n) is 2.79. The maximum absolute atomic E-state index is 12.3. The van der Waals surface area contributed by atoms with Gasteiger partial charge >= 0.3 is 0 Å². The van der Waals surface area contributed by atoms with Gasteiger partial charge in [0.15, 0.2) is 0 Å². The second-order valence-corrected chi connectivity index (χ2v) is 6.91. The van der Waals surface area contributed by atoms with E-state index in [-0.39, 0.29) is 28.4 Å². The second-order valence-electron chi connectivity index (χ2n) is 5.27. The molecule has 0 aromatic carbocycles. The Morgan fingerprint density at radius 2 is 2.00 bits per heavy atom. The molecule has 2 N–H and O–H groups in total. The summed E-state index contributed by atoms with van der Waals surface area (Å²) >= 11 is 1.55. The van der Waals surface area contributed by atoms with Gasteiger partial charge in [0, 0.05) is 24.3 Å². The van der Waals surface area contributed by atoms with Crippen molar-refractivity contribution >= 4 is 23.6 Å². The van der Waals surface area contributed by atoms with E-state index in [1.165, 1.54) is 6.42 Å². The Morgan fingerprint density at radius 3 is 2.61 bits per heavy atom. The lowest BCUT2D eigenvalue weighted by atomic mass is 9.94. The van der Waals surface area contributed by atoms with Gasteiger partial charge in [0.2, 0.25) is 11.8 Å². The third kappa shape index (κ3) is 2.88. The number of hydrogen-bond donors (Lipinski definition) is 1. The number of amides is 2. The van der Waals surface area contributed by atoms with Crippen LogP contribution in [0.4, 0.5) is 0 Å². The number of carbonyl (C=O) groups is 2. The largest absolute Gasteiger partial charge is 0.329 e. The van der Waals surface area contributed by atoms with E-state index in [4.69, 9.17) is 5.73 Å². The molecule has 1 heterocycles. The standard InChI is InChI=1S/C13H22N2O2S/c1-9(8-14)18-11-7-12(16)15(13(11)17)10-5-3-2-4-6-10/h9-11H,2-8,14H2,1H3. The van der Waals surface area contributed by atoms with Crippen LogP contribution in [0, 0.1) is 0 Å². The van der Waals surface area contributed by atoms with Gasteiger partial charge in [-0.2, -0.15) is 0 Å². The molecule has 1 aliphatic carbocycles. The van der Waals surface area contributed by atoms with Gasteiger partial charge in [-0.15, -0.1) is 11.8 Å². The van der Waals surface area contributed by atoms with Crippen LogP contribution in [0.1, 0.15) is 45.4 Å². The van der Waals surface area contributed by atoms with Gasteiger partial charge in [-0.1, -0.05) is 26.2 Å². The van der Waals surface area contributed by atoms with Crippen molar-refractivity contribution in [3.63, 3.8) is 0 Å². The molecule has 2 amide bonds. The SMILES string of the molecule is CC(CN)SC1CC(=O)N(C2CCCCC2)C1=O. The zero-order valence-electron chi connectivity index (χ0n) is 10.9. The van der Waals surface area contributed by atoms with Crippen LogP contribution >= 0.6 is 11.8 Å². The van der Waals surface area contributed by atoms with Gasteiger partial charge in [-0.25, -0.2) is 0 Å². The molecular weight excluding hydrogens is 248 g/mol. The predicted octanol–water partition coefficient (Wildman–Crippen LogP) is 1.53. The molecule has 2 aliphatic rings. The number of nitrogens with zero attached hydrogens (tertiary/aromatic N) is 1.